The highest BCUT2D eigenvalue weighted by atomic mass is 79.9. The standard InChI is InChI=1S/C15H13BrCl2O/c1-9-7-11(16)4-5-12(9)15(18)10-3-6-14(19-2)13(17)8-10/h3-8,15H,1-2H3. The third-order valence-electron chi connectivity index (χ3n) is 2.97. The average molecular weight is 360 g/mol. The Morgan fingerprint density at radius 3 is 2.47 bits per heavy atom. The Hall–Kier alpha value is -0.700. The highest BCUT2D eigenvalue weighted by molar-refractivity contribution is 9.10. The monoisotopic (exact) mass is 358 g/mol. The van der Waals surface area contributed by atoms with E-state index in [4.69, 9.17) is 27.9 Å². The lowest BCUT2D eigenvalue weighted by Crippen LogP contribution is -1.97. The lowest BCUT2D eigenvalue weighted by atomic mass is 10.00. The van der Waals surface area contributed by atoms with Gasteiger partial charge in [-0.15, -0.1) is 11.6 Å². The number of hydrogen-bond acceptors (Lipinski definition) is 1. The highest BCUT2D eigenvalue weighted by Gasteiger charge is 2.15. The quantitative estimate of drug-likeness (QED) is 0.634. The molecular weight excluding hydrogens is 347 g/mol. The minimum atomic E-state index is -0.225. The van der Waals surface area contributed by atoms with Crippen LogP contribution in [0.2, 0.25) is 5.02 Å². The van der Waals surface area contributed by atoms with Gasteiger partial charge in [-0.2, -0.15) is 0 Å². The second kappa shape index (κ2) is 6.17. The second-order valence-corrected chi connectivity index (χ2v) is 6.02. The van der Waals surface area contributed by atoms with Crippen LogP contribution in [0, 0.1) is 6.92 Å². The van der Waals surface area contributed by atoms with Crippen LogP contribution >= 0.6 is 39.1 Å². The van der Waals surface area contributed by atoms with E-state index >= 15 is 0 Å². The SMILES string of the molecule is COc1ccc(C(Cl)c2ccc(Br)cc2C)cc1Cl. The van der Waals surface area contributed by atoms with Crippen molar-refractivity contribution in [1.29, 1.82) is 0 Å². The zero-order valence-corrected chi connectivity index (χ0v) is 13.7. The molecule has 0 saturated carbocycles. The first kappa shape index (κ1) is 14.7. The third-order valence-corrected chi connectivity index (χ3v) is 4.25. The summed E-state index contributed by atoms with van der Waals surface area (Å²) in [6, 6.07) is 11.7. The van der Waals surface area contributed by atoms with Crippen molar-refractivity contribution < 1.29 is 4.74 Å². The van der Waals surface area contributed by atoms with E-state index in [0.717, 1.165) is 21.2 Å². The molecular formula is C15H13BrCl2O. The van der Waals surface area contributed by atoms with Crippen LogP contribution in [0.15, 0.2) is 40.9 Å². The van der Waals surface area contributed by atoms with E-state index in [-0.39, 0.29) is 5.38 Å². The molecule has 1 atom stereocenters. The van der Waals surface area contributed by atoms with Crippen LogP contribution in [-0.4, -0.2) is 7.11 Å². The first-order valence-electron chi connectivity index (χ1n) is 5.76. The van der Waals surface area contributed by atoms with E-state index in [1.54, 1.807) is 7.11 Å². The van der Waals surface area contributed by atoms with Crippen molar-refractivity contribution in [3.63, 3.8) is 0 Å². The molecule has 0 amide bonds. The van der Waals surface area contributed by atoms with Crippen molar-refractivity contribution in [2.45, 2.75) is 12.3 Å². The Morgan fingerprint density at radius 1 is 1.16 bits per heavy atom. The lowest BCUT2D eigenvalue weighted by Gasteiger charge is -2.15. The van der Waals surface area contributed by atoms with Gasteiger partial charge >= 0.3 is 0 Å². The van der Waals surface area contributed by atoms with Gasteiger partial charge in [0, 0.05) is 4.47 Å². The normalized spacial score (nSPS) is 12.3. The van der Waals surface area contributed by atoms with Crippen LogP contribution in [0.1, 0.15) is 22.1 Å². The molecule has 0 aromatic heterocycles. The van der Waals surface area contributed by atoms with Crippen molar-refractivity contribution in [1.82, 2.24) is 0 Å². The van der Waals surface area contributed by atoms with Crippen LogP contribution in [0.3, 0.4) is 0 Å². The minimum absolute atomic E-state index is 0.225. The number of benzene rings is 2. The minimum Gasteiger partial charge on any atom is -0.495 e. The van der Waals surface area contributed by atoms with Gasteiger partial charge in [-0.3, -0.25) is 0 Å². The van der Waals surface area contributed by atoms with E-state index < -0.39 is 0 Å². The predicted octanol–water partition coefficient (Wildman–Crippen LogP) is 5.75. The van der Waals surface area contributed by atoms with Gasteiger partial charge in [0.15, 0.2) is 0 Å². The third kappa shape index (κ3) is 3.25. The molecule has 0 bridgehead atoms. The molecule has 0 saturated heterocycles. The van der Waals surface area contributed by atoms with Gasteiger partial charge in [-0.25, -0.2) is 0 Å². The van der Waals surface area contributed by atoms with Crippen molar-refractivity contribution >= 4 is 39.1 Å². The molecule has 0 fully saturated rings. The molecule has 0 radical (unpaired) electrons. The number of hydrogen-bond donors (Lipinski definition) is 0. The smallest absolute Gasteiger partial charge is 0.137 e. The van der Waals surface area contributed by atoms with Gasteiger partial charge in [0.25, 0.3) is 0 Å². The summed E-state index contributed by atoms with van der Waals surface area (Å²) < 4.78 is 6.19. The summed E-state index contributed by atoms with van der Waals surface area (Å²) in [6.45, 7) is 2.04. The summed E-state index contributed by atoms with van der Waals surface area (Å²) in [5.74, 6) is 0.654. The van der Waals surface area contributed by atoms with Crippen LogP contribution < -0.4 is 4.74 Å². The average Bonchev–Trinajstić information content (AvgIpc) is 2.38. The van der Waals surface area contributed by atoms with Crippen LogP contribution in [0.5, 0.6) is 5.75 Å². The second-order valence-electron chi connectivity index (χ2n) is 4.26. The molecule has 1 unspecified atom stereocenters. The summed E-state index contributed by atoms with van der Waals surface area (Å²) in [5.41, 5.74) is 3.17. The fourth-order valence-corrected chi connectivity index (χ4v) is 3.07. The molecule has 0 heterocycles. The molecule has 2 aromatic carbocycles. The van der Waals surface area contributed by atoms with Gasteiger partial charge in [-0.1, -0.05) is 39.7 Å². The van der Waals surface area contributed by atoms with E-state index in [9.17, 15) is 0 Å². The Kier molecular flexibility index (Phi) is 4.77. The number of alkyl halides is 1. The molecule has 2 rings (SSSR count). The van der Waals surface area contributed by atoms with E-state index in [1.165, 1.54) is 0 Å². The molecule has 100 valence electrons. The zero-order chi connectivity index (χ0) is 14.0. The Bertz CT molecular complexity index is 599. The Balaban J connectivity index is 2.38. The van der Waals surface area contributed by atoms with E-state index in [2.05, 4.69) is 22.0 Å². The molecule has 0 aliphatic carbocycles. The molecule has 19 heavy (non-hydrogen) atoms. The van der Waals surface area contributed by atoms with Gasteiger partial charge in [0.05, 0.1) is 17.5 Å². The maximum Gasteiger partial charge on any atom is 0.137 e. The number of rotatable bonds is 3. The van der Waals surface area contributed by atoms with Gasteiger partial charge in [0.1, 0.15) is 5.75 Å². The molecule has 1 nitrogen and oxygen atoms in total. The fraction of sp³-hybridized carbons (Fsp3) is 0.200. The number of aryl methyl sites for hydroxylation is 1. The molecule has 0 aliphatic heterocycles. The van der Waals surface area contributed by atoms with Gasteiger partial charge in [-0.05, 0) is 47.9 Å². The number of ether oxygens (including phenoxy) is 1. The fourth-order valence-electron chi connectivity index (χ4n) is 1.94. The summed E-state index contributed by atoms with van der Waals surface area (Å²) in [4.78, 5) is 0. The summed E-state index contributed by atoms with van der Waals surface area (Å²) in [6.07, 6.45) is 0. The highest BCUT2D eigenvalue weighted by Crippen LogP contribution is 2.35. The van der Waals surface area contributed by atoms with Crippen LogP contribution in [0.4, 0.5) is 0 Å². The van der Waals surface area contributed by atoms with E-state index in [0.29, 0.717) is 10.8 Å². The Labute approximate surface area is 131 Å². The van der Waals surface area contributed by atoms with Crippen molar-refractivity contribution in [3.8, 4) is 5.75 Å². The maximum absolute atomic E-state index is 6.54. The van der Waals surface area contributed by atoms with Crippen LogP contribution in [-0.2, 0) is 0 Å². The summed E-state index contributed by atoms with van der Waals surface area (Å²) in [7, 11) is 1.60. The Morgan fingerprint density at radius 2 is 1.89 bits per heavy atom. The van der Waals surface area contributed by atoms with Crippen molar-refractivity contribution in [2.75, 3.05) is 7.11 Å². The van der Waals surface area contributed by atoms with Gasteiger partial charge < -0.3 is 4.74 Å². The zero-order valence-electron chi connectivity index (χ0n) is 10.6. The molecule has 2 aromatic rings. The first-order chi connectivity index (χ1) is 9.02. The first-order valence-corrected chi connectivity index (χ1v) is 7.37. The topological polar surface area (TPSA) is 9.23 Å². The van der Waals surface area contributed by atoms with Gasteiger partial charge in [0.2, 0.25) is 0 Å². The predicted molar refractivity (Wildman–Crippen MR) is 84.6 cm³/mol. The van der Waals surface area contributed by atoms with Crippen molar-refractivity contribution in [3.05, 3.63) is 62.6 Å². The lowest BCUT2D eigenvalue weighted by molar-refractivity contribution is 0.415. The maximum atomic E-state index is 6.54. The molecule has 0 N–H and O–H groups in total. The molecule has 0 spiro atoms. The number of halogens is 3. The van der Waals surface area contributed by atoms with Crippen molar-refractivity contribution in [2.24, 2.45) is 0 Å². The number of methoxy groups -OCH3 is 1. The summed E-state index contributed by atoms with van der Waals surface area (Å²) in [5, 5.41) is 0.344. The van der Waals surface area contributed by atoms with Crippen LogP contribution in [0.25, 0.3) is 0 Å². The summed E-state index contributed by atoms with van der Waals surface area (Å²) >= 11 is 16.1. The molecule has 4 heteroatoms. The largest absolute Gasteiger partial charge is 0.495 e. The molecule has 0 aliphatic rings. The van der Waals surface area contributed by atoms with E-state index in [1.807, 2.05) is 37.3 Å².